The molecule has 0 bridgehead atoms. The number of nitrogens with one attached hydrogen (secondary N) is 1. The highest BCUT2D eigenvalue weighted by Gasteiger charge is 2.53. The van der Waals surface area contributed by atoms with Gasteiger partial charge in [-0.1, -0.05) is 29.8 Å². The lowest BCUT2D eigenvalue weighted by atomic mass is 9.80. The number of rotatable bonds is 3. The van der Waals surface area contributed by atoms with Crippen molar-refractivity contribution in [2.45, 2.75) is 56.5 Å². The highest BCUT2D eigenvalue weighted by molar-refractivity contribution is 5.62. The van der Waals surface area contributed by atoms with E-state index in [-0.39, 0.29) is 6.10 Å². The van der Waals surface area contributed by atoms with Crippen LogP contribution in [0.2, 0.25) is 0 Å². The monoisotopic (exact) mass is 319 g/mol. The minimum atomic E-state index is 0.194. The maximum Gasteiger partial charge on any atom is 0.126 e. The summed E-state index contributed by atoms with van der Waals surface area (Å²) < 4.78 is 6.55. The second-order valence-electron chi connectivity index (χ2n) is 7.96. The first kappa shape index (κ1) is 14.4. The van der Waals surface area contributed by atoms with Gasteiger partial charge in [0.2, 0.25) is 0 Å². The Labute approximate surface area is 144 Å². The van der Waals surface area contributed by atoms with Crippen molar-refractivity contribution in [3.05, 3.63) is 58.7 Å². The normalized spacial score (nSPS) is 23.5. The van der Waals surface area contributed by atoms with Gasteiger partial charge < -0.3 is 10.1 Å². The van der Waals surface area contributed by atoms with Gasteiger partial charge in [0.15, 0.2) is 0 Å². The van der Waals surface area contributed by atoms with Crippen LogP contribution in [0.4, 0.5) is 5.69 Å². The average Bonchev–Trinajstić information content (AvgIpc) is 3.50. The zero-order valence-electron chi connectivity index (χ0n) is 14.6. The highest BCUT2D eigenvalue weighted by Crippen LogP contribution is 2.63. The molecule has 3 aliphatic rings. The van der Waals surface area contributed by atoms with Crippen LogP contribution in [0.3, 0.4) is 0 Å². The van der Waals surface area contributed by atoms with Crippen LogP contribution in [0.5, 0.6) is 5.75 Å². The summed E-state index contributed by atoms with van der Waals surface area (Å²) in [6.07, 6.45) is 6.67. The van der Waals surface area contributed by atoms with Crippen molar-refractivity contribution >= 4 is 5.69 Å². The molecular weight excluding hydrogens is 294 g/mol. The van der Waals surface area contributed by atoms with Crippen molar-refractivity contribution < 1.29 is 4.74 Å². The van der Waals surface area contributed by atoms with Gasteiger partial charge in [-0.05, 0) is 62.1 Å². The van der Waals surface area contributed by atoms with E-state index in [2.05, 4.69) is 48.6 Å². The summed E-state index contributed by atoms with van der Waals surface area (Å²) >= 11 is 0. The third kappa shape index (κ3) is 2.23. The van der Waals surface area contributed by atoms with Crippen molar-refractivity contribution in [3.63, 3.8) is 0 Å². The van der Waals surface area contributed by atoms with Gasteiger partial charge in [0.05, 0.1) is 0 Å². The SMILES string of the molecule is CNc1cc2c(c(C3CC3)c1)C1(CC1)CC(c1ccc(C)cc1)O2. The summed E-state index contributed by atoms with van der Waals surface area (Å²) in [5.41, 5.74) is 7.32. The molecule has 1 unspecified atom stereocenters. The molecule has 0 amide bonds. The minimum Gasteiger partial charge on any atom is -0.485 e. The van der Waals surface area contributed by atoms with Gasteiger partial charge in [-0.2, -0.15) is 0 Å². The number of anilines is 1. The van der Waals surface area contributed by atoms with E-state index >= 15 is 0 Å². The quantitative estimate of drug-likeness (QED) is 0.810. The molecule has 2 heteroatoms. The number of hydrogen-bond donors (Lipinski definition) is 1. The number of hydrogen-bond acceptors (Lipinski definition) is 2. The Morgan fingerprint density at radius 3 is 2.46 bits per heavy atom. The number of ether oxygens (including phenoxy) is 1. The van der Waals surface area contributed by atoms with Gasteiger partial charge >= 0.3 is 0 Å². The summed E-state index contributed by atoms with van der Waals surface area (Å²) in [4.78, 5) is 0. The summed E-state index contributed by atoms with van der Waals surface area (Å²) in [7, 11) is 2.01. The van der Waals surface area contributed by atoms with Gasteiger partial charge in [-0.25, -0.2) is 0 Å². The van der Waals surface area contributed by atoms with Gasteiger partial charge in [0, 0.05) is 29.8 Å². The Balaban J connectivity index is 1.60. The van der Waals surface area contributed by atoms with Crippen LogP contribution in [0.15, 0.2) is 36.4 Å². The molecule has 1 atom stereocenters. The maximum absolute atomic E-state index is 6.55. The second-order valence-corrected chi connectivity index (χ2v) is 7.96. The van der Waals surface area contributed by atoms with Crippen molar-refractivity contribution in [2.75, 3.05) is 12.4 Å². The molecular formula is C22H25NO. The zero-order valence-corrected chi connectivity index (χ0v) is 14.6. The molecule has 2 nitrogen and oxygen atoms in total. The first-order chi connectivity index (χ1) is 11.7. The maximum atomic E-state index is 6.55. The van der Waals surface area contributed by atoms with Crippen LogP contribution in [0, 0.1) is 6.92 Å². The van der Waals surface area contributed by atoms with Crippen molar-refractivity contribution in [1.82, 2.24) is 0 Å². The molecule has 0 saturated heterocycles. The fraction of sp³-hybridized carbons (Fsp3) is 0.455. The van der Waals surface area contributed by atoms with Crippen LogP contribution in [0.1, 0.15) is 66.4 Å². The Kier molecular flexibility index (Phi) is 3.01. The molecule has 2 fully saturated rings. The summed E-state index contributed by atoms with van der Waals surface area (Å²) in [6.45, 7) is 2.14. The Morgan fingerprint density at radius 2 is 1.83 bits per heavy atom. The minimum absolute atomic E-state index is 0.194. The molecule has 1 heterocycles. The van der Waals surface area contributed by atoms with E-state index in [0.29, 0.717) is 5.41 Å². The zero-order chi connectivity index (χ0) is 16.3. The number of aryl methyl sites for hydroxylation is 1. The lowest BCUT2D eigenvalue weighted by Gasteiger charge is -2.35. The average molecular weight is 319 g/mol. The molecule has 2 saturated carbocycles. The van der Waals surface area contributed by atoms with Crippen molar-refractivity contribution in [2.24, 2.45) is 0 Å². The van der Waals surface area contributed by atoms with E-state index in [1.165, 1.54) is 42.5 Å². The molecule has 124 valence electrons. The van der Waals surface area contributed by atoms with Crippen LogP contribution < -0.4 is 10.1 Å². The van der Waals surface area contributed by atoms with Crippen LogP contribution in [-0.2, 0) is 5.41 Å². The summed E-state index contributed by atoms with van der Waals surface area (Å²) in [5, 5.41) is 3.33. The van der Waals surface area contributed by atoms with E-state index in [1.807, 2.05) is 7.05 Å². The predicted molar refractivity (Wildman–Crippen MR) is 98.0 cm³/mol. The van der Waals surface area contributed by atoms with Gasteiger partial charge in [-0.15, -0.1) is 0 Å². The second kappa shape index (κ2) is 5.02. The molecule has 0 aromatic heterocycles. The lowest BCUT2D eigenvalue weighted by molar-refractivity contribution is 0.154. The third-order valence-corrected chi connectivity index (χ3v) is 6.12. The summed E-state index contributed by atoms with van der Waals surface area (Å²) in [6, 6.07) is 13.5. The van der Waals surface area contributed by atoms with E-state index in [0.717, 1.165) is 18.1 Å². The first-order valence-corrected chi connectivity index (χ1v) is 9.28. The van der Waals surface area contributed by atoms with E-state index < -0.39 is 0 Å². The van der Waals surface area contributed by atoms with Gasteiger partial charge in [0.1, 0.15) is 11.9 Å². The molecule has 2 aliphatic carbocycles. The van der Waals surface area contributed by atoms with Crippen LogP contribution in [0.25, 0.3) is 0 Å². The predicted octanol–water partition coefficient (Wildman–Crippen LogP) is 5.47. The first-order valence-electron chi connectivity index (χ1n) is 9.28. The van der Waals surface area contributed by atoms with Gasteiger partial charge in [0.25, 0.3) is 0 Å². The standard InChI is InChI=1S/C22H25NO/c1-14-3-5-16(6-4-14)20-13-22(9-10-22)21-18(15-7-8-15)11-17(23-2)12-19(21)24-20/h3-6,11-12,15,20,23H,7-10,13H2,1-2H3. The Hall–Kier alpha value is -1.96. The number of benzene rings is 2. The van der Waals surface area contributed by atoms with Crippen molar-refractivity contribution in [1.29, 1.82) is 0 Å². The number of fused-ring (bicyclic) bond motifs is 2. The van der Waals surface area contributed by atoms with Crippen LogP contribution >= 0.6 is 0 Å². The largest absolute Gasteiger partial charge is 0.485 e. The molecule has 2 aromatic rings. The molecule has 1 aliphatic heterocycles. The molecule has 5 rings (SSSR count). The lowest BCUT2D eigenvalue weighted by Crippen LogP contribution is -2.25. The third-order valence-electron chi connectivity index (χ3n) is 6.12. The summed E-state index contributed by atoms with van der Waals surface area (Å²) in [5.74, 6) is 1.90. The van der Waals surface area contributed by atoms with E-state index in [1.54, 1.807) is 11.1 Å². The van der Waals surface area contributed by atoms with E-state index in [9.17, 15) is 0 Å². The van der Waals surface area contributed by atoms with Crippen LogP contribution in [-0.4, -0.2) is 7.05 Å². The van der Waals surface area contributed by atoms with Gasteiger partial charge in [-0.3, -0.25) is 0 Å². The fourth-order valence-corrected chi connectivity index (χ4v) is 4.38. The smallest absolute Gasteiger partial charge is 0.126 e. The van der Waals surface area contributed by atoms with Crippen molar-refractivity contribution in [3.8, 4) is 5.75 Å². The van der Waals surface area contributed by atoms with E-state index in [4.69, 9.17) is 4.74 Å². The molecule has 1 N–H and O–H groups in total. The topological polar surface area (TPSA) is 21.3 Å². The molecule has 24 heavy (non-hydrogen) atoms. The Bertz CT molecular complexity index is 784. The Morgan fingerprint density at radius 1 is 1.08 bits per heavy atom. The molecule has 0 radical (unpaired) electrons. The fourth-order valence-electron chi connectivity index (χ4n) is 4.38. The highest BCUT2D eigenvalue weighted by atomic mass is 16.5. The molecule has 2 aromatic carbocycles. The molecule has 1 spiro atoms.